The lowest BCUT2D eigenvalue weighted by atomic mass is 9.84. The molecule has 3 heteroatoms. The molecular formula is C12H23N3. The zero-order valence-corrected chi connectivity index (χ0v) is 10.3. The molecule has 1 heterocycles. The van der Waals surface area contributed by atoms with E-state index >= 15 is 0 Å². The summed E-state index contributed by atoms with van der Waals surface area (Å²) in [7, 11) is 1.95. The van der Waals surface area contributed by atoms with Gasteiger partial charge in [-0.1, -0.05) is 20.8 Å². The van der Waals surface area contributed by atoms with Crippen molar-refractivity contribution in [2.45, 2.75) is 46.1 Å². The summed E-state index contributed by atoms with van der Waals surface area (Å²) >= 11 is 0. The van der Waals surface area contributed by atoms with Crippen LogP contribution >= 0.6 is 0 Å². The van der Waals surface area contributed by atoms with Gasteiger partial charge < -0.3 is 5.73 Å². The summed E-state index contributed by atoms with van der Waals surface area (Å²) in [6, 6.07) is 0.286. The van der Waals surface area contributed by atoms with Gasteiger partial charge in [-0.3, -0.25) is 4.68 Å². The molecule has 1 unspecified atom stereocenters. The average Bonchev–Trinajstić information content (AvgIpc) is 2.49. The number of aryl methyl sites for hydroxylation is 2. The number of rotatable bonds is 4. The van der Waals surface area contributed by atoms with Gasteiger partial charge in [-0.15, -0.1) is 0 Å². The molecule has 1 aromatic rings. The highest BCUT2D eigenvalue weighted by Crippen LogP contribution is 2.21. The second kappa shape index (κ2) is 4.79. The molecule has 86 valence electrons. The fraction of sp³-hybridized carbons (Fsp3) is 0.750. The van der Waals surface area contributed by atoms with Gasteiger partial charge in [-0.25, -0.2) is 0 Å². The molecule has 1 aromatic heterocycles. The van der Waals surface area contributed by atoms with E-state index in [1.807, 2.05) is 17.9 Å². The molecule has 0 saturated carbocycles. The number of nitrogens with zero attached hydrogens (tertiary/aromatic N) is 2. The summed E-state index contributed by atoms with van der Waals surface area (Å²) in [5.41, 5.74) is 7.62. The van der Waals surface area contributed by atoms with Gasteiger partial charge in [0, 0.05) is 19.3 Å². The third-order valence-electron chi connectivity index (χ3n) is 2.85. The van der Waals surface area contributed by atoms with Crippen molar-refractivity contribution in [2.24, 2.45) is 18.2 Å². The van der Waals surface area contributed by atoms with E-state index in [0.29, 0.717) is 0 Å². The van der Waals surface area contributed by atoms with Crippen LogP contribution in [-0.2, 0) is 13.5 Å². The highest BCUT2D eigenvalue weighted by atomic mass is 15.2. The van der Waals surface area contributed by atoms with Crippen LogP contribution in [0.25, 0.3) is 0 Å². The predicted molar refractivity (Wildman–Crippen MR) is 63.6 cm³/mol. The Morgan fingerprint density at radius 1 is 1.47 bits per heavy atom. The number of hydrogen-bond donors (Lipinski definition) is 1. The minimum absolute atomic E-state index is 0.217. The van der Waals surface area contributed by atoms with E-state index in [1.165, 1.54) is 5.56 Å². The summed E-state index contributed by atoms with van der Waals surface area (Å²) in [6.45, 7) is 6.59. The smallest absolute Gasteiger partial charge is 0.0521 e. The summed E-state index contributed by atoms with van der Waals surface area (Å²) in [5.74, 6) is 0. The first-order valence-corrected chi connectivity index (χ1v) is 5.62. The topological polar surface area (TPSA) is 43.8 Å². The molecule has 1 rings (SSSR count). The monoisotopic (exact) mass is 209 g/mol. The Morgan fingerprint density at radius 2 is 2.13 bits per heavy atom. The molecular weight excluding hydrogens is 186 g/mol. The van der Waals surface area contributed by atoms with Crippen molar-refractivity contribution < 1.29 is 0 Å². The second-order valence-corrected chi connectivity index (χ2v) is 5.39. The lowest BCUT2D eigenvalue weighted by Gasteiger charge is -2.26. The molecule has 0 fully saturated rings. The Bertz CT molecular complexity index is 296. The Morgan fingerprint density at radius 3 is 2.60 bits per heavy atom. The third-order valence-corrected chi connectivity index (χ3v) is 2.85. The standard InChI is InChI=1S/C12H23N3/c1-12(2,3)11(13)7-5-6-10-8-14-15(4)9-10/h8-9,11H,5-7,13H2,1-4H3. The lowest BCUT2D eigenvalue weighted by Crippen LogP contribution is -2.34. The minimum atomic E-state index is 0.217. The van der Waals surface area contributed by atoms with Gasteiger partial charge in [0.1, 0.15) is 0 Å². The molecule has 0 aliphatic heterocycles. The SMILES string of the molecule is Cn1cc(CCCC(N)C(C)(C)C)cn1. The number of aromatic nitrogens is 2. The molecule has 0 aliphatic carbocycles. The maximum atomic E-state index is 6.10. The first-order valence-electron chi connectivity index (χ1n) is 5.62. The third kappa shape index (κ3) is 4.04. The molecule has 0 spiro atoms. The van der Waals surface area contributed by atoms with E-state index in [0.717, 1.165) is 19.3 Å². The van der Waals surface area contributed by atoms with Crippen LogP contribution in [0.1, 0.15) is 39.2 Å². The Hall–Kier alpha value is -0.830. The summed E-state index contributed by atoms with van der Waals surface area (Å²) in [4.78, 5) is 0. The quantitative estimate of drug-likeness (QED) is 0.825. The van der Waals surface area contributed by atoms with Crippen LogP contribution in [0.2, 0.25) is 0 Å². The van der Waals surface area contributed by atoms with Crippen LogP contribution in [0.5, 0.6) is 0 Å². The Balaban J connectivity index is 2.28. The molecule has 0 radical (unpaired) electrons. The molecule has 15 heavy (non-hydrogen) atoms. The normalized spacial score (nSPS) is 14.2. The van der Waals surface area contributed by atoms with E-state index < -0.39 is 0 Å². The van der Waals surface area contributed by atoms with Gasteiger partial charge in [0.15, 0.2) is 0 Å². The van der Waals surface area contributed by atoms with Crippen LogP contribution in [0.4, 0.5) is 0 Å². The molecule has 0 saturated heterocycles. The molecule has 1 atom stereocenters. The largest absolute Gasteiger partial charge is 0.327 e. The maximum Gasteiger partial charge on any atom is 0.0521 e. The van der Waals surface area contributed by atoms with Crippen LogP contribution < -0.4 is 5.73 Å². The van der Waals surface area contributed by atoms with Gasteiger partial charge >= 0.3 is 0 Å². The van der Waals surface area contributed by atoms with E-state index in [9.17, 15) is 0 Å². The molecule has 0 aromatic carbocycles. The summed E-state index contributed by atoms with van der Waals surface area (Å²) in [5, 5.41) is 4.15. The highest BCUT2D eigenvalue weighted by Gasteiger charge is 2.19. The van der Waals surface area contributed by atoms with Crippen molar-refractivity contribution in [3.63, 3.8) is 0 Å². The van der Waals surface area contributed by atoms with Crippen LogP contribution in [0, 0.1) is 5.41 Å². The van der Waals surface area contributed by atoms with Crippen LogP contribution in [-0.4, -0.2) is 15.8 Å². The highest BCUT2D eigenvalue weighted by molar-refractivity contribution is 5.03. The number of nitrogens with two attached hydrogens (primary N) is 1. The first kappa shape index (κ1) is 12.2. The lowest BCUT2D eigenvalue weighted by molar-refractivity contribution is 0.301. The van der Waals surface area contributed by atoms with Crippen molar-refractivity contribution in [3.05, 3.63) is 18.0 Å². The van der Waals surface area contributed by atoms with E-state index in [2.05, 4.69) is 32.1 Å². The van der Waals surface area contributed by atoms with Crippen molar-refractivity contribution in [1.82, 2.24) is 9.78 Å². The van der Waals surface area contributed by atoms with E-state index in [-0.39, 0.29) is 11.5 Å². The van der Waals surface area contributed by atoms with Crippen LogP contribution in [0.15, 0.2) is 12.4 Å². The van der Waals surface area contributed by atoms with Gasteiger partial charge in [0.2, 0.25) is 0 Å². The van der Waals surface area contributed by atoms with E-state index in [1.54, 1.807) is 0 Å². The van der Waals surface area contributed by atoms with Gasteiger partial charge in [0.25, 0.3) is 0 Å². The fourth-order valence-electron chi connectivity index (χ4n) is 1.56. The minimum Gasteiger partial charge on any atom is -0.327 e. The van der Waals surface area contributed by atoms with Gasteiger partial charge in [-0.05, 0) is 30.2 Å². The fourth-order valence-corrected chi connectivity index (χ4v) is 1.56. The summed E-state index contributed by atoms with van der Waals surface area (Å²) in [6.07, 6.45) is 7.31. The van der Waals surface area contributed by atoms with E-state index in [4.69, 9.17) is 5.73 Å². The molecule has 0 amide bonds. The van der Waals surface area contributed by atoms with Crippen molar-refractivity contribution in [2.75, 3.05) is 0 Å². The first-order chi connectivity index (χ1) is 6.89. The molecule has 0 bridgehead atoms. The molecule has 0 aliphatic rings. The second-order valence-electron chi connectivity index (χ2n) is 5.39. The summed E-state index contributed by atoms with van der Waals surface area (Å²) < 4.78 is 1.85. The predicted octanol–water partition coefficient (Wildman–Crippen LogP) is 2.12. The average molecular weight is 209 g/mol. The van der Waals surface area contributed by atoms with Crippen LogP contribution in [0.3, 0.4) is 0 Å². The molecule has 3 nitrogen and oxygen atoms in total. The number of hydrogen-bond acceptors (Lipinski definition) is 2. The zero-order valence-electron chi connectivity index (χ0n) is 10.3. The Kier molecular flexibility index (Phi) is 3.91. The molecule has 2 N–H and O–H groups in total. The van der Waals surface area contributed by atoms with Crippen molar-refractivity contribution >= 4 is 0 Å². The van der Waals surface area contributed by atoms with Crippen molar-refractivity contribution in [3.8, 4) is 0 Å². The maximum absolute atomic E-state index is 6.10. The zero-order chi connectivity index (χ0) is 11.5. The van der Waals surface area contributed by atoms with Gasteiger partial charge in [-0.2, -0.15) is 5.10 Å². The Labute approximate surface area is 92.7 Å². The van der Waals surface area contributed by atoms with Crippen molar-refractivity contribution in [1.29, 1.82) is 0 Å². The van der Waals surface area contributed by atoms with Gasteiger partial charge in [0.05, 0.1) is 6.20 Å².